The van der Waals surface area contributed by atoms with Crippen molar-refractivity contribution in [3.05, 3.63) is 94.1 Å². The molecule has 10 heteroatoms. The van der Waals surface area contributed by atoms with Crippen LogP contribution in [-0.4, -0.2) is 30.2 Å². The van der Waals surface area contributed by atoms with E-state index in [9.17, 15) is 9.59 Å². The SMILES string of the molecule is Cc1nc(N)ccc1CNC(=O)[C@@H]1CCc2ncc(NCc3ccc(-n4cccn4)cc3)c(=O)n21. The molecule has 1 aliphatic rings. The van der Waals surface area contributed by atoms with Gasteiger partial charge in [-0.3, -0.25) is 14.2 Å². The summed E-state index contributed by atoms with van der Waals surface area (Å²) in [5, 5.41) is 10.3. The van der Waals surface area contributed by atoms with Crippen molar-refractivity contribution in [2.75, 3.05) is 11.1 Å². The molecule has 0 spiro atoms. The normalized spacial score (nSPS) is 14.5. The lowest BCUT2D eigenvalue weighted by Gasteiger charge is -2.16. The van der Waals surface area contributed by atoms with E-state index in [0.717, 1.165) is 22.5 Å². The zero-order chi connectivity index (χ0) is 24.4. The van der Waals surface area contributed by atoms with Gasteiger partial charge in [0.2, 0.25) is 5.91 Å². The molecule has 0 saturated heterocycles. The standard InChI is InChI=1S/C25H26N8O2/c1-16-18(5-9-22(26)31-16)14-29-24(34)21-8-10-23-28-15-20(25(35)33(21)23)27-13-17-3-6-19(7-4-17)32-12-2-11-30-32/h2-7,9,11-12,15,21,27H,8,10,13-14H2,1H3,(H2,26,31)(H,29,34)/t21-/m0/s1. The Kier molecular flexibility index (Phi) is 6.01. The number of carbonyl (C=O) groups excluding carboxylic acids is 1. The second-order valence-corrected chi connectivity index (χ2v) is 8.49. The third kappa shape index (κ3) is 4.63. The maximum Gasteiger partial charge on any atom is 0.277 e. The average molecular weight is 471 g/mol. The van der Waals surface area contributed by atoms with Gasteiger partial charge in [-0.25, -0.2) is 14.6 Å². The summed E-state index contributed by atoms with van der Waals surface area (Å²) in [7, 11) is 0. The molecule has 3 aromatic heterocycles. The Morgan fingerprint density at radius 2 is 2.00 bits per heavy atom. The van der Waals surface area contributed by atoms with E-state index < -0.39 is 6.04 Å². The van der Waals surface area contributed by atoms with Gasteiger partial charge in [0, 0.05) is 37.6 Å². The third-order valence-corrected chi connectivity index (χ3v) is 6.18. The molecule has 4 aromatic rings. The first-order valence-corrected chi connectivity index (χ1v) is 11.4. The number of anilines is 2. The molecule has 1 aromatic carbocycles. The van der Waals surface area contributed by atoms with Gasteiger partial charge in [0.25, 0.3) is 5.56 Å². The molecule has 1 atom stereocenters. The summed E-state index contributed by atoms with van der Waals surface area (Å²) in [6.45, 7) is 2.62. The number of fused-ring (bicyclic) bond motifs is 1. The summed E-state index contributed by atoms with van der Waals surface area (Å²) in [5.41, 5.74) is 9.43. The number of nitrogens with zero attached hydrogens (tertiary/aromatic N) is 5. The highest BCUT2D eigenvalue weighted by Crippen LogP contribution is 2.23. The summed E-state index contributed by atoms with van der Waals surface area (Å²) in [5.74, 6) is 0.846. The van der Waals surface area contributed by atoms with Crippen LogP contribution in [0, 0.1) is 6.92 Å². The van der Waals surface area contributed by atoms with E-state index in [2.05, 4.69) is 25.7 Å². The van der Waals surface area contributed by atoms with Gasteiger partial charge in [0.1, 0.15) is 23.4 Å². The Morgan fingerprint density at radius 3 is 2.74 bits per heavy atom. The third-order valence-electron chi connectivity index (χ3n) is 6.18. The second kappa shape index (κ2) is 9.41. The number of hydrogen-bond donors (Lipinski definition) is 3. The molecule has 10 nitrogen and oxygen atoms in total. The lowest BCUT2D eigenvalue weighted by atomic mass is 10.1. The molecule has 1 aliphatic heterocycles. The Hall–Kier alpha value is -4.47. The Bertz CT molecular complexity index is 1410. The zero-order valence-corrected chi connectivity index (χ0v) is 19.3. The van der Waals surface area contributed by atoms with Crippen molar-refractivity contribution in [1.82, 2.24) is 29.6 Å². The van der Waals surface area contributed by atoms with Gasteiger partial charge in [0.05, 0.1) is 11.9 Å². The van der Waals surface area contributed by atoms with E-state index in [1.807, 2.05) is 49.5 Å². The number of hydrogen-bond acceptors (Lipinski definition) is 7. The van der Waals surface area contributed by atoms with Gasteiger partial charge in [0.15, 0.2) is 0 Å². The van der Waals surface area contributed by atoms with Crippen LogP contribution in [0.25, 0.3) is 5.69 Å². The number of nitrogens with one attached hydrogen (secondary N) is 2. The maximum absolute atomic E-state index is 13.2. The number of nitrogens with two attached hydrogens (primary N) is 1. The molecule has 0 aliphatic carbocycles. The molecule has 1 amide bonds. The first kappa shape index (κ1) is 22.3. The lowest BCUT2D eigenvalue weighted by Crippen LogP contribution is -2.36. The predicted octanol–water partition coefficient (Wildman–Crippen LogP) is 2.13. The fourth-order valence-corrected chi connectivity index (χ4v) is 4.26. The minimum Gasteiger partial charge on any atom is -0.384 e. The van der Waals surface area contributed by atoms with Gasteiger partial charge in [-0.1, -0.05) is 18.2 Å². The maximum atomic E-state index is 13.2. The number of amides is 1. The van der Waals surface area contributed by atoms with Crippen LogP contribution in [0.4, 0.5) is 11.5 Å². The highest BCUT2D eigenvalue weighted by atomic mass is 16.2. The Balaban J connectivity index is 1.26. The Labute approximate surface area is 201 Å². The number of pyridine rings is 1. The van der Waals surface area contributed by atoms with Crippen LogP contribution in [0.1, 0.15) is 35.1 Å². The zero-order valence-electron chi connectivity index (χ0n) is 19.3. The van der Waals surface area contributed by atoms with Crippen LogP contribution in [0.3, 0.4) is 0 Å². The molecule has 0 saturated carbocycles. The minimum atomic E-state index is -0.595. The summed E-state index contributed by atoms with van der Waals surface area (Å²) in [4.78, 5) is 34.8. The van der Waals surface area contributed by atoms with Gasteiger partial charge in [-0.15, -0.1) is 0 Å². The van der Waals surface area contributed by atoms with Gasteiger partial charge < -0.3 is 16.4 Å². The van der Waals surface area contributed by atoms with Gasteiger partial charge in [-0.05, 0) is 48.7 Å². The molecule has 178 valence electrons. The summed E-state index contributed by atoms with van der Waals surface area (Å²) in [6.07, 6.45) is 6.27. The molecule has 0 bridgehead atoms. The highest BCUT2D eigenvalue weighted by molar-refractivity contribution is 5.81. The smallest absolute Gasteiger partial charge is 0.277 e. The summed E-state index contributed by atoms with van der Waals surface area (Å²) < 4.78 is 3.29. The first-order chi connectivity index (χ1) is 17.0. The van der Waals surface area contributed by atoms with Crippen molar-refractivity contribution < 1.29 is 4.79 Å². The van der Waals surface area contributed by atoms with E-state index in [0.29, 0.717) is 43.3 Å². The van der Waals surface area contributed by atoms with Crippen LogP contribution in [0.15, 0.2) is 65.8 Å². The molecular formula is C25H26N8O2. The van der Waals surface area contributed by atoms with Crippen molar-refractivity contribution in [3.63, 3.8) is 0 Å². The largest absolute Gasteiger partial charge is 0.384 e. The summed E-state index contributed by atoms with van der Waals surface area (Å²) in [6, 6.07) is 12.7. The fraction of sp³-hybridized carbons (Fsp3) is 0.240. The quantitative estimate of drug-likeness (QED) is 0.377. The minimum absolute atomic E-state index is 0.213. The molecule has 4 N–H and O–H groups in total. The number of carbonyl (C=O) groups is 1. The lowest BCUT2D eigenvalue weighted by molar-refractivity contribution is -0.124. The second-order valence-electron chi connectivity index (χ2n) is 8.49. The number of benzene rings is 1. The molecule has 0 unspecified atom stereocenters. The molecule has 4 heterocycles. The molecule has 0 fully saturated rings. The fourth-order valence-electron chi connectivity index (χ4n) is 4.26. The van der Waals surface area contributed by atoms with E-state index in [1.165, 1.54) is 4.57 Å². The van der Waals surface area contributed by atoms with Gasteiger partial charge in [-0.2, -0.15) is 5.10 Å². The molecule has 0 radical (unpaired) electrons. The van der Waals surface area contributed by atoms with Crippen LogP contribution < -0.4 is 21.9 Å². The number of rotatable bonds is 7. The van der Waals surface area contributed by atoms with Crippen LogP contribution >= 0.6 is 0 Å². The van der Waals surface area contributed by atoms with Gasteiger partial charge >= 0.3 is 0 Å². The average Bonchev–Trinajstić information content (AvgIpc) is 3.54. The van der Waals surface area contributed by atoms with Crippen LogP contribution in [0.2, 0.25) is 0 Å². The van der Waals surface area contributed by atoms with E-state index >= 15 is 0 Å². The Morgan fingerprint density at radius 1 is 1.17 bits per heavy atom. The van der Waals surface area contributed by atoms with Crippen molar-refractivity contribution in [2.45, 2.75) is 38.9 Å². The van der Waals surface area contributed by atoms with E-state index in [4.69, 9.17) is 5.73 Å². The number of aryl methyl sites for hydroxylation is 2. The van der Waals surface area contributed by atoms with Crippen molar-refractivity contribution in [2.24, 2.45) is 0 Å². The van der Waals surface area contributed by atoms with Crippen molar-refractivity contribution in [1.29, 1.82) is 0 Å². The monoisotopic (exact) mass is 470 g/mol. The topological polar surface area (TPSA) is 133 Å². The highest BCUT2D eigenvalue weighted by Gasteiger charge is 2.31. The molecular weight excluding hydrogens is 444 g/mol. The van der Waals surface area contributed by atoms with Crippen LogP contribution in [-0.2, 0) is 24.3 Å². The van der Waals surface area contributed by atoms with Crippen LogP contribution in [0.5, 0.6) is 0 Å². The number of aromatic nitrogens is 5. The molecule has 35 heavy (non-hydrogen) atoms. The van der Waals surface area contributed by atoms with E-state index in [-0.39, 0.29) is 11.5 Å². The predicted molar refractivity (Wildman–Crippen MR) is 132 cm³/mol. The summed E-state index contributed by atoms with van der Waals surface area (Å²) >= 11 is 0. The van der Waals surface area contributed by atoms with Crippen molar-refractivity contribution in [3.8, 4) is 5.69 Å². The first-order valence-electron chi connectivity index (χ1n) is 11.4. The number of nitrogen functional groups attached to an aromatic ring is 1. The molecule has 5 rings (SSSR count). The van der Waals surface area contributed by atoms with E-state index in [1.54, 1.807) is 23.1 Å². The van der Waals surface area contributed by atoms with Crippen molar-refractivity contribution >= 4 is 17.4 Å².